The molecule has 0 amide bonds. The largest absolute Gasteiger partial charge is 0.489 e. The minimum Gasteiger partial charge on any atom is -0.489 e. The van der Waals surface area contributed by atoms with Crippen LogP contribution in [0.15, 0.2) is 11.3 Å². The number of rotatable bonds is 1. The van der Waals surface area contributed by atoms with E-state index < -0.39 is 0 Å². The van der Waals surface area contributed by atoms with Gasteiger partial charge in [-0.2, -0.15) is 0 Å². The van der Waals surface area contributed by atoms with Crippen LogP contribution in [0.3, 0.4) is 0 Å². The molecule has 1 aliphatic heterocycles. The molecular formula is C6H7ClO2. The fourth-order valence-corrected chi connectivity index (χ4v) is 0.860. The van der Waals surface area contributed by atoms with Crippen LogP contribution in [0.4, 0.5) is 0 Å². The van der Waals surface area contributed by atoms with Crippen molar-refractivity contribution in [3.05, 3.63) is 11.3 Å². The van der Waals surface area contributed by atoms with Gasteiger partial charge in [0.2, 0.25) is 0 Å². The topological polar surface area (TPSA) is 26.3 Å². The first-order valence-electron chi connectivity index (χ1n) is 2.70. The van der Waals surface area contributed by atoms with Gasteiger partial charge in [-0.3, -0.25) is 4.79 Å². The number of carbonyl (C=O) groups is 1. The molecule has 0 aromatic rings. The third kappa shape index (κ3) is 1.45. The van der Waals surface area contributed by atoms with Gasteiger partial charge in [0.05, 0.1) is 11.3 Å². The van der Waals surface area contributed by atoms with Crippen LogP contribution in [0.1, 0.15) is 13.3 Å². The van der Waals surface area contributed by atoms with Gasteiger partial charge in [-0.25, -0.2) is 0 Å². The van der Waals surface area contributed by atoms with Crippen molar-refractivity contribution in [3.8, 4) is 0 Å². The minimum atomic E-state index is -0.322. The van der Waals surface area contributed by atoms with E-state index in [-0.39, 0.29) is 11.9 Å². The first-order valence-corrected chi connectivity index (χ1v) is 3.08. The van der Waals surface area contributed by atoms with Crippen molar-refractivity contribution in [2.24, 2.45) is 0 Å². The van der Waals surface area contributed by atoms with E-state index >= 15 is 0 Å². The van der Waals surface area contributed by atoms with Crippen molar-refractivity contribution in [1.82, 2.24) is 0 Å². The van der Waals surface area contributed by atoms with Crippen LogP contribution in [0, 0.1) is 0 Å². The zero-order valence-electron chi connectivity index (χ0n) is 5.06. The summed E-state index contributed by atoms with van der Waals surface area (Å²) < 4.78 is 4.88. The van der Waals surface area contributed by atoms with Gasteiger partial charge in [-0.15, -0.1) is 0 Å². The maximum absolute atomic E-state index is 10.6. The van der Waals surface area contributed by atoms with Crippen molar-refractivity contribution >= 4 is 17.4 Å². The van der Waals surface area contributed by atoms with Crippen molar-refractivity contribution < 1.29 is 9.53 Å². The molecule has 50 valence electrons. The second kappa shape index (κ2) is 2.40. The second-order valence-corrected chi connectivity index (χ2v) is 2.49. The number of hydrogen-bond acceptors (Lipinski definition) is 2. The van der Waals surface area contributed by atoms with Crippen LogP contribution < -0.4 is 0 Å². The maximum atomic E-state index is 10.6. The predicted molar refractivity (Wildman–Crippen MR) is 34.1 cm³/mol. The molecule has 1 rings (SSSR count). The highest BCUT2D eigenvalue weighted by Crippen LogP contribution is 2.20. The van der Waals surface area contributed by atoms with E-state index in [1.807, 2.05) is 0 Å². The van der Waals surface area contributed by atoms with E-state index in [0.717, 1.165) is 0 Å². The van der Waals surface area contributed by atoms with E-state index in [9.17, 15) is 4.79 Å². The highest BCUT2D eigenvalue weighted by atomic mass is 35.5. The van der Waals surface area contributed by atoms with E-state index in [4.69, 9.17) is 16.3 Å². The van der Waals surface area contributed by atoms with E-state index in [1.54, 1.807) is 0 Å². The Hall–Kier alpha value is -0.500. The molecule has 0 fully saturated rings. The molecule has 3 heteroatoms. The van der Waals surface area contributed by atoms with Gasteiger partial charge in [-0.05, 0) is 6.92 Å². The van der Waals surface area contributed by atoms with Crippen molar-refractivity contribution in [3.63, 3.8) is 0 Å². The fourth-order valence-electron chi connectivity index (χ4n) is 0.669. The van der Waals surface area contributed by atoms with Crippen molar-refractivity contribution in [2.75, 3.05) is 0 Å². The second-order valence-electron chi connectivity index (χ2n) is 2.00. The monoisotopic (exact) mass is 146 g/mol. The summed E-state index contributed by atoms with van der Waals surface area (Å²) in [6, 6.07) is 0. The van der Waals surface area contributed by atoms with Gasteiger partial charge < -0.3 is 4.74 Å². The van der Waals surface area contributed by atoms with Gasteiger partial charge in [0.25, 0.3) is 0 Å². The molecule has 0 spiro atoms. The summed E-state index contributed by atoms with van der Waals surface area (Å²) in [4.78, 5) is 10.6. The van der Waals surface area contributed by atoms with Gasteiger partial charge in [0, 0.05) is 6.42 Å². The van der Waals surface area contributed by atoms with Crippen LogP contribution in [-0.4, -0.2) is 11.9 Å². The highest BCUT2D eigenvalue weighted by Gasteiger charge is 2.20. The molecule has 0 saturated carbocycles. The average Bonchev–Trinajstić information content (AvgIpc) is 2.14. The van der Waals surface area contributed by atoms with Crippen LogP contribution in [0.2, 0.25) is 0 Å². The lowest BCUT2D eigenvalue weighted by Gasteiger charge is -2.02. The summed E-state index contributed by atoms with van der Waals surface area (Å²) in [7, 11) is 0. The fraction of sp³-hybridized carbons (Fsp3) is 0.500. The quantitative estimate of drug-likeness (QED) is 0.560. The molecule has 1 heterocycles. The number of Topliss-reactive ketones (excluding diaryl/α,β-unsaturated/α-hetero) is 1. The Balaban J connectivity index is 2.47. The molecule has 1 unspecified atom stereocenters. The summed E-state index contributed by atoms with van der Waals surface area (Å²) in [5.74, 6) is 0.0295. The number of hydrogen-bond donors (Lipinski definition) is 0. The number of halogens is 1. The molecule has 1 aliphatic rings. The molecular weight excluding hydrogens is 140 g/mol. The molecule has 9 heavy (non-hydrogen) atoms. The number of ether oxygens (including phenoxy) is 1. The first kappa shape index (κ1) is 6.62. The molecule has 0 radical (unpaired) electrons. The van der Waals surface area contributed by atoms with Crippen LogP contribution >= 0.6 is 11.6 Å². The smallest absolute Gasteiger partial charge is 0.170 e. The van der Waals surface area contributed by atoms with Crippen LogP contribution in [0.5, 0.6) is 0 Å². The average molecular weight is 147 g/mol. The molecule has 2 nitrogen and oxygen atoms in total. The zero-order valence-corrected chi connectivity index (χ0v) is 5.81. The predicted octanol–water partition coefficient (Wildman–Crippen LogP) is 1.44. The SMILES string of the molecule is CC(=O)C1CC(Cl)=CO1. The van der Waals surface area contributed by atoms with Gasteiger partial charge in [0.15, 0.2) is 11.9 Å². The molecule has 1 atom stereocenters. The highest BCUT2D eigenvalue weighted by molar-refractivity contribution is 6.29. The molecule has 0 bridgehead atoms. The van der Waals surface area contributed by atoms with Crippen LogP contribution in [0.25, 0.3) is 0 Å². The molecule has 0 aromatic heterocycles. The third-order valence-electron chi connectivity index (χ3n) is 1.19. The summed E-state index contributed by atoms with van der Waals surface area (Å²) in [5, 5.41) is 0.621. The number of ketones is 1. The molecule has 0 saturated heterocycles. The lowest BCUT2D eigenvalue weighted by atomic mass is 10.2. The lowest BCUT2D eigenvalue weighted by molar-refractivity contribution is -0.124. The Morgan fingerprint density at radius 3 is 2.89 bits per heavy atom. The normalized spacial score (nSPS) is 25.1. The lowest BCUT2D eigenvalue weighted by Crippen LogP contribution is -2.15. The molecule has 0 aromatic carbocycles. The Labute approximate surface area is 58.4 Å². The van der Waals surface area contributed by atoms with E-state index in [1.165, 1.54) is 13.2 Å². The van der Waals surface area contributed by atoms with Gasteiger partial charge >= 0.3 is 0 Å². The molecule has 0 aliphatic carbocycles. The van der Waals surface area contributed by atoms with Crippen molar-refractivity contribution in [2.45, 2.75) is 19.4 Å². The van der Waals surface area contributed by atoms with Gasteiger partial charge in [0.1, 0.15) is 0 Å². The summed E-state index contributed by atoms with van der Waals surface area (Å²) in [6.45, 7) is 1.49. The van der Waals surface area contributed by atoms with Gasteiger partial charge in [-0.1, -0.05) is 11.6 Å². The van der Waals surface area contributed by atoms with E-state index in [2.05, 4.69) is 0 Å². The zero-order chi connectivity index (χ0) is 6.85. The molecule has 0 N–H and O–H groups in total. The van der Waals surface area contributed by atoms with Crippen molar-refractivity contribution in [1.29, 1.82) is 0 Å². The van der Waals surface area contributed by atoms with Crippen LogP contribution in [-0.2, 0) is 9.53 Å². The first-order chi connectivity index (χ1) is 4.20. The number of carbonyl (C=O) groups excluding carboxylic acids is 1. The standard InChI is InChI=1S/C6H7ClO2/c1-4(8)6-2-5(7)3-9-6/h3,6H,2H2,1H3. The Morgan fingerprint density at radius 2 is 2.67 bits per heavy atom. The Morgan fingerprint density at radius 1 is 2.00 bits per heavy atom. The Bertz CT molecular complexity index is 162. The Kier molecular flexibility index (Phi) is 1.76. The minimum absolute atomic E-state index is 0.0295. The third-order valence-corrected chi connectivity index (χ3v) is 1.44. The summed E-state index contributed by atoms with van der Waals surface area (Å²) in [6.07, 6.45) is 1.64. The maximum Gasteiger partial charge on any atom is 0.170 e. The summed E-state index contributed by atoms with van der Waals surface area (Å²) >= 11 is 5.53. The summed E-state index contributed by atoms with van der Waals surface area (Å²) in [5.41, 5.74) is 0. The van der Waals surface area contributed by atoms with E-state index in [0.29, 0.717) is 11.5 Å².